The number of anilines is 1. The van der Waals surface area contributed by atoms with Crippen molar-refractivity contribution < 1.29 is 8.42 Å². The third-order valence-electron chi connectivity index (χ3n) is 1.34. The first-order chi connectivity index (χ1) is 6.53. The molecule has 0 fully saturated rings. The topological polar surface area (TPSA) is 71.1 Å². The monoisotopic (exact) mass is 299 g/mol. The van der Waals surface area contributed by atoms with Crippen LogP contribution < -0.4 is 10.0 Å². The summed E-state index contributed by atoms with van der Waals surface area (Å²) in [5.41, 5.74) is 0. The molecule has 0 aliphatic heterocycles. The summed E-state index contributed by atoms with van der Waals surface area (Å²) in [5, 5.41) is 3.15. The zero-order chi connectivity index (χ0) is 10.6. The Bertz CT molecular complexity index is 390. The van der Waals surface area contributed by atoms with Gasteiger partial charge in [-0.05, 0) is 23.0 Å². The average molecular weight is 300 g/mol. The van der Waals surface area contributed by atoms with Crippen LogP contribution in [0.15, 0.2) is 9.98 Å². The first-order valence-electron chi connectivity index (χ1n) is 3.80. The Hall–Kier alpha value is -0.180. The minimum atomic E-state index is -3.27. The Labute approximate surface area is 95.1 Å². The van der Waals surface area contributed by atoms with Crippen LogP contribution in [0.3, 0.4) is 0 Å². The molecule has 0 aliphatic rings. The number of nitrogens with one attached hydrogen (secondary N) is 2. The summed E-state index contributed by atoms with van der Waals surface area (Å²) >= 11 is 4.44. The normalized spacial score (nSPS) is 11.6. The van der Waals surface area contributed by atoms with Gasteiger partial charge in [-0.15, -0.1) is 0 Å². The Morgan fingerprint density at radius 3 is 2.86 bits per heavy atom. The van der Waals surface area contributed by atoms with Gasteiger partial charge in [-0.25, -0.2) is 13.4 Å². The summed E-state index contributed by atoms with van der Waals surface area (Å²) < 4.78 is 25.9. The van der Waals surface area contributed by atoms with E-state index < -0.39 is 10.0 Å². The first-order valence-corrected chi connectivity index (χ1v) is 7.06. The predicted molar refractivity (Wildman–Crippen MR) is 61.2 cm³/mol. The third kappa shape index (κ3) is 3.91. The molecular formula is C6H10BrN3O2S2. The Morgan fingerprint density at radius 1 is 1.64 bits per heavy atom. The number of rotatable bonds is 5. The molecule has 0 radical (unpaired) electrons. The molecule has 0 aromatic carbocycles. The van der Waals surface area contributed by atoms with Crippen molar-refractivity contribution in [2.75, 3.05) is 24.1 Å². The number of sulfonamides is 1. The molecule has 1 rings (SSSR count). The van der Waals surface area contributed by atoms with E-state index in [4.69, 9.17) is 0 Å². The fraction of sp³-hybridized carbons (Fsp3) is 0.500. The van der Waals surface area contributed by atoms with Gasteiger partial charge in [-0.3, -0.25) is 4.72 Å². The minimum Gasteiger partial charge on any atom is -0.319 e. The van der Waals surface area contributed by atoms with Gasteiger partial charge in [0.25, 0.3) is 0 Å². The molecule has 1 aromatic rings. The van der Waals surface area contributed by atoms with Gasteiger partial charge < -0.3 is 5.32 Å². The molecule has 0 bridgehead atoms. The quantitative estimate of drug-likeness (QED) is 0.846. The average Bonchev–Trinajstić information content (AvgIpc) is 2.47. The smallest absolute Gasteiger partial charge is 0.235 e. The van der Waals surface area contributed by atoms with Crippen molar-refractivity contribution >= 4 is 42.4 Å². The van der Waals surface area contributed by atoms with Gasteiger partial charge in [-0.2, -0.15) is 0 Å². The van der Waals surface area contributed by atoms with Crippen molar-refractivity contribution in [3.05, 3.63) is 9.98 Å². The largest absolute Gasteiger partial charge is 0.319 e. The van der Waals surface area contributed by atoms with Crippen LogP contribution in [0.2, 0.25) is 0 Å². The zero-order valence-corrected chi connectivity index (χ0v) is 10.7. The van der Waals surface area contributed by atoms with E-state index in [2.05, 4.69) is 31.0 Å². The standard InChI is InChI=1S/C6H10BrN3O2S2/c1-8-2-3-14(11,12)10-6-9-4-5(7)13-6/h4,8H,2-3H2,1H3,(H,9,10). The van der Waals surface area contributed by atoms with E-state index in [1.165, 1.54) is 11.3 Å². The summed E-state index contributed by atoms with van der Waals surface area (Å²) in [5.74, 6) is 0.0424. The second kappa shape index (κ2) is 5.06. The van der Waals surface area contributed by atoms with Crippen LogP contribution in [0.1, 0.15) is 0 Å². The second-order valence-electron chi connectivity index (χ2n) is 2.49. The molecule has 8 heteroatoms. The Balaban J connectivity index is 2.59. The number of halogens is 1. The molecule has 1 aromatic heterocycles. The molecule has 14 heavy (non-hydrogen) atoms. The van der Waals surface area contributed by atoms with Crippen LogP contribution in [-0.4, -0.2) is 32.7 Å². The van der Waals surface area contributed by atoms with Gasteiger partial charge in [0.2, 0.25) is 10.0 Å². The molecule has 0 saturated carbocycles. The van der Waals surface area contributed by atoms with Crippen molar-refractivity contribution in [1.29, 1.82) is 0 Å². The number of nitrogens with zero attached hydrogens (tertiary/aromatic N) is 1. The van der Waals surface area contributed by atoms with Crippen molar-refractivity contribution in [3.8, 4) is 0 Å². The lowest BCUT2D eigenvalue weighted by atomic mass is 10.8. The molecule has 0 aliphatic carbocycles. The van der Waals surface area contributed by atoms with Gasteiger partial charge in [0.1, 0.15) is 0 Å². The van der Waals surface area contributed by atoms with Crippen molar-refractivity contribution in [2.45, 2.75) is 0 Å². The molecule has 0 atom stereocenters. The molecule has 1 heterocycles. The number of thiazole rings is 1. The van der Waals surface area contributed by atoms with Gasteiger partial charge in [-0.1, -0.05) is 11.3 Å². The maximum absolute atomic E-state index is 11.4. The number of hydrogen-bond acceptors (Lipinski definition) is 5. The molecule has 80 valence electrons. The van der Waals surface area contributed by atoms with Gasteiger partial charge in [0, 0.05) is 6.54 Å². The highest BCUT2D eigenvalue weighted by Gasteiger charge is 2.11. The lowest BCUT2D eigenvalue weighted by Gasteiger charge is -2.03. The van der Waals surface area contributed by atoms with Crippen LogP contribution in [0.25, 0.3) is 0 Å². The molecule has 0 spiro atoms. The molecule has 2 N–H and O–H groups in total. The van der Waals surface area contributed by atoms with Crippen LogP contribution in [0.5, 0.6) is 0 Å². The summed E-state index contributed by atoms with van der Waals surface area (Å²) in [7, 11) is -1.56. The fourth-order valence-electron chi connectivity index (χ4n) is 0.722. The predicted octanol–water partition coefficient (Wildman–Crippen LogP) is 0.867. The summed E-state index contributed by atoms with van der Waals surface area (Å²) in [6.07, 6.45) is 1.56. The van der Waals surface area contributed by atoms with E-state index in [9.17, 15) is 8.42 Å². The van der Waals surface area contributed by atoms with Crippen LogP contribution in [-0.2, 0) is 10.0 Å². The first kappa shape index (κ1) is 11.9. The van der Waals surface area contributed by atoms with Crippen molar-refractivity contribution in [1.82, 2.24) is 10.3 Å². The molecule has 5 nitrogen and oxygen atoms in total. The van der Waals surface area contributed by atoms with Crippen molar-refractivity contribution in [2.24, 2.45) is 0 Å². The SMILES string of the molecule is CNCCS(=O)(=O)Nc1ncc(Br)s1. The fourth-order valence-corrected chi connectivity index (χ4v) is 3.12. The van der Waals surface area contributed by atoms with E-state index in [0.29, 0.717) is 11.7 Å². The Kier molecular flexibility index (Phi) is 4.30. The van der Waals surface area contributed by atoms with Crippen LogP contribution in [0, 0.1) is 0 Å². The van der Waals surface area contributed by atoms with Crippen LogP contribution in [0.4, 0.5) is 5.13 Å². The summed E-state index contributed by atoms with van der Waals surface area (Å²) in [6, 6.07) is 0. The minimum absolute atomic E-state index is 0.0424. The van der Waals surface area contributed by atoms with E-state index in [0.717, 1.165) is 3.79 Å². The lowest BCUT2D eigenvalue weighted by molar-refractivity contribution is 0.598. The highest BCUT2D eigenvalue weighted by molar-refractivity contribution is 9.11. The summed E-state index contributed by atoms with van der Waals surface area (Å²) in [6.45, 7) is 0.419. The van der Waals surface area contributed by atoms with E-state index in [-0.39, 0.29) is 5.75 Å². The highest BCUT2D eigenvalue weighted by atomic mass is 79.9. The molecule has 0 unspecified atom stereocenters. The maximum Gasteiger partial charge on any atom is 0.235 e. The van der Waals surface area contributed by atoms with E-state index in [1.54, 1.807) is 13.2 Å². The molecule has 0 saturated heterocycles. The zero-order valence-electron chi connectivity index (χ0n) is 7.45. The Morgan fingerprint density at radius 2 is 2.36 bits per heavy atom. The van der Waals surface area contributed by atoms with Gasteiger partial charge in [0.15, 0.2) is 5.13 Å². The highest BCUT2D eigenvalue weighted by Crippen LogP contribution is 2.23. The summed E-state index contributed by atoms with van der Waals surface area (Å²) in [4.78, 5) is 3.87. The van der Waals surface area contributed by atoms with E-state index >= 15 is 0 Å². The van der Waals surface area contributed by atoms with Gasteiger partial charge in [0.05, 0.1) is 15.7 Å². The van der Waals surface area contributed by atoms with E-state index in [1.807, 2.05) is 0 Å². The number of hydrogen-bond donors (Lipinski definition) is 2. The second-order valence-corrected chi connectivity index (χ2v) is 6.75. The lowest BCUT2D eigenvalue weighted by Crippen LogP contribution is -2.24. The van der Waals surface area contributed by atoms with Gasteiger partial charge >= 0.3 is 0 Å². The van der Waals surface area contributed by atoms with Crippen molar-refractivity contribution in [3.63, 3.8) is 0 Å². The molecule has 0 amide bonds. The van der Waals surface area contributed by atoms with Crippen LogP contribution >= 0.6 is 27.3 Å². The molecular weight excluding hydrogens is 290 g/mol. The maximum atomic E-state index is 11.4. The number of aromatic nitrogens is 1. The third-order valence-corrected chi connectivity index (χ3v) is 4.11.